The van der Waals surface area contributed by atoms with E-state index in [0.29, 0.717) is 0 Å². The monoisotopic (exact) mass is 293 g/mol. The molecule has 1 fully saturated rings. The van der Waals surface area contributed by atoms with Crippen LogP contribution < -0.4 is 0 Å². The van der Waals surface area contributed by atoms with Gasteiger partial charge in [0.25, 0.3) is 0 Å². The quantitative estimate of drug-likeness (QED) is 0.835. The van der Waals surface area contributed by atoms with Gasteiger partial charge in [0.05, 0.1) is 19.2 Å². The molecular weight excluding hydrogens is 270 g/mol. The molecule has 1 aliphatic carbocycles. The molecule has 1 aliphatic rings. The maximum absolute atomic E-state index is 12.6. The predicted octanol–water partition coefficient (Wildman–Crippen LogP) is 1.51. The Morgan fingerprint density at radius 2 is 2.00 bits per heavy atom. The summed E-state index contributed by atoms with van der Waals surface area (Å²) in [7, 11) is 1.35. The Morgan fingerprint density at radius 1 is 1.33 bits per heavy atom. The van der Waals surface area contributed by atoms with E-state index >= 15 is 0 Å². The summed E-state index contributed by atoms with van der Waals surface area (Å²) in [4.78, 5) is 25.9. The Kier molecular flexibility index (Phi) is 4.98. The number of ether oxygens (including phenoxy) is 1. The molecule has 1 heterocycles. The van der Waals surface area contributed by atoms with Crippen molar-refractivity contribution in [1.29, 1.82) is 0 Å². The third-order valence-corrected chi connectivity index (χ3v) is 4.22. The fourth-order valence-corrected chi connectivity index (χ4v) is 2.93. The lowest BCUT2D eigenvalue weighted by Gasteiger charge is -2.28. The molecule has 21 heavy (non-hydrogen) atoms. The number of carbonyl (C=O) groups is 2. The van der Waals surface area contributed by atoms with Crippen molar-refractivity contribution < 1.29 is 14.3 Å². The van der Waals surface area contributed by atoms with E-state index in [1.807, 2.05) is 13.8 Å². The Balaban J connectivity index is 2.11. The van der Waals surface area contributed by atoms with Gasteiger partial charge in [0, 0.05) is 17.3 Å². The van der Waals surface area contributed by atoms with Crippen LogP contribution in [0.25, 0.3) is 0 Å². The molecule has 116 valence electrons. The fourth-order valence-electron chi connectivity index (χ4n) is 2.93. The first-order chi connectivity index (χ1) is 10.0. The Morgan fingerprint density at radius 3 is 2.52 bits per heavy atom. The minimum atomic E-state index is -0.365. The number of nitrogens with one attached hydrogen (secondary N) is 1. The van der Waals surface area contributed by atoms with Crippen LogP contribution >= 0.6 is 0 Å². The van der Waals surface area contributed by atoms with Crippen LogP contribution in [0, 0.1) is 13.8 Å². The van der Waals surface area contributed by atoms with Gasteiger partial charge in [0.15, 0.2) is 0 Å². The van der Waals surface area contributed by atoms with Gasteiger partial charge >= 0.3 is 5.97 Å². The molecule has 0 atom stereocenters. The van der Waals surface area contributed by atoms with Crippen LogP contribution in [0.4, 0.5) is 0 Å². The van der Waals surface area contributed by atoms with Crippen LogP contribution in [-0.4, -0.2) is 46.7 Å². The lowest BCUT2D eigenvalue weighted by atomic mass is 10.1. The van der Waals surface area contributed by atoms with E-state index in [0.717, 1.165) is 42.6 Å². The summed E-state index contributed by atoms with van der Waals surface area (Å²) in [5.41, 5.74) is 2.67. The van der Waals surface area contributed by atoms with Crippen LogP contribution in [0.1, 0.15) is 42.6 Å². The molecule has 1 amide bonds. The van der Waals surface area contributed by atoms with Crippen molar-refractivity contribution >= 4 is 11.9 Å². The van der Waals surface area contributed by atoms with Gasteiger partial charge in [-0.3, -0.25) is 14.7 Å². The number of carbonyl (C=O) groups excluding carboxylic acids is 2. The number of nitrogens with zero attached hydrogens (tertiary/aromatic N) is 2. The number of methoxy groups -OCH3 is 1. The Labute approximate surface area is 124 Å². The number of rotatable bonds is 5. The molecule has 1 N–H and O–H groups in total. The largest absolute Gasteiger partial charge is 0.468 e. The molecule has 0 aromatic carbocycles. The molecule has 1 saturated carbocycles. The minimum Gasteiger partial charge on any atom is -0.468 e. The first-order valence-electron chi connectivity index (χ1n) is 7.39. The molecule has 0 spiro atoms. The highest BCUT2D eigenvalue weighted by Crippen LogP contribution is 2.24. The van der Waals surface area contributed by atoms with Crippen molar-refractivity contribution in [3.63, 3.8) is 0 Å². The smallest absolute Gasteiger partial charge is 0.325 e. The lowest BCUT2D eigenvalue weighted by molar-refractivity contribution is -0.148. The number of hydrogen-bond donors (Lipinski definition) is 1. The van der Waals surface area contributed by atoms with E-state index < -0.39 is 0 Å². The molecule has 0 aliphatic heterocycles. The number of aromatic nitrogens is 2. The first-order valence-corrected chi connectivity index (χ1v) is 7.39. The normalized spacial score (nSPS) is 15.2. The average Bonchev–Trinajstić information content (AvgIpc) is 3.09. The highest BCUT2D eigenvalue weighted by molar-refractivity contribution is 5.84. The molecular formula is C15H23N3O3. The molecule has 0 unspecified atom stereocenters. The van der Waals surface area contributed by atoms with Gasteiger partial charge in [-0.1, -0.05) is 12.8 Å². The van der Waals surface area contributed by atoms with Crippen molar-refractivity contribution in [2.75, 3.05) is 13.7 Å². The topological polar surface area (TPSA) is 75.3 Å². The number of aryl methyl sites for hydroxylation is 2. The summed E-state index contributed by atoms with van der Waals surface area (Å²) < 4.78 is 4.72. The van der Waals surface area contributed by atoms with Crippen LogP contribution in [-0.2, 0) is 20.7 Å². The zero-order chi connectivity index (χ0) is 15.4. The number of H-pyrrole nitrogens is 1. The van der Waals surface area contributed by atoms with Gasteiger partial charge in [0.1, 0.15) is 6.54 Å². The summed E-state index contributed by atoms with van der Waals surface area (Å²) in [5.74, 6) is -0.393. The summed E-state index contributed by atoms with van der Waals surface area (Å²) in [5, 5.41) is 7.01. The van der Waals surface area contributed by atoms with Crippen molar-refractivity contribution in [3.05, 3.63) is 17.0 Å². The average molecular weight is 293 g/mol. The zero-order valence-corrected chi connectivity index (χ0v) is 12.9. The molecule has 1 aromatic rings. The minimum absolute atomic E-state index is 0.0279. The van der Waals surface area contributed by atoms with Gasteiger partial charge < -0.3 is 9.64 Å². The second-order valence-electron chi connectivity index (χ2n) is 5.63. The number of amides is 1. The molecule has 6 heteroatoms. The molecule has 0 radical (unpaired) electrons. The maximum atomic E-state index is 12.6. The highest BCUT2D eigenvalue weighted by atomic mass is 16.5. The highest BCUT2D eigenvalue weighted by Gasteiger charge is 2.29. The van der Waals surface area contributed by atoms with E-state index in [2.05, 4.69) is 10.2 Å². The van der Waals surface area contributed by atoms with Crippen molar-refractivity contribution in [1.82, 2.24) is 15.1 Å². The van der Waals surface area contributed by atoms with Crippen LogP contribution in [0.3, 0.4) is 0 Å². The van der Waals surface area contributed by atoms with Gasteiger partial charge in [-0.05, 0) is 26.7 Å². The second kappa shape index (κ2) is 6.74. The molecule has 0 saturated heterocycles. The zero-order valence-electron chi connectivity index (χ0n) is 12.9. The molecule has 2 rings (SSSR count). The van der Waals surface area contributed by atoms with E-state index in [1.54, 1.807) is 4.90 Å². The SMILES string of the molecule is COC(=O)CN(C(=O)Cc1c(C)n[nH]c1C)C1CCCC1. The summed E-state index contributed by atoms with van der Waals surface area (Å²) >= 11 is 0. The second-order valence-corrected chi connectivity index (χ2v) is 5.63. The fraction of sp³-hybridized carbons (Fsp3) is 0.667. The van der Waals surface area contributed by atoms with E-state index in [4.69, 9.17) is 4.74 Å². The van der Waals surface area contributed by atoms with Crippen LogP contribution in [0.5, 0.6) is 0 Å². The van der Waals surface area contributed by atoms with Gasteiger partial charge in [-0.2, -0.15) is 5.10 Å². The predicted molar refractivity (Wildman–Crippen MR) is 77.8 cm³/mol. The number of hydrogen-bond acceptors (Lipinski definition) is 4. The summed E-state index contributed by atoms with van der Waals surface area (Å²) in [6.07, 6.45) is 4.43. The van der Waals surface area contributed by atoms with Crippen molar-refractivity contribution in [2.45, 2.75) is 52.0 Å². The van der Waals surface area contributed by atoms with Crippen molar-refractivity contribution in [3.8, 4) is 0 Å². The van der Waals surface area contributed by atoms with E-state index in [1.165, 1.54) is 7.11 Å². The first kappa shape index (κ1) is 15.5. The number of esters is 1. The third kappa shape index (κ3) is 3.62. The van der Waals surface area contributed by atoms with Gasteiger partial charge in [-0.15, -0.1) is 0 Å². The lowest BCUT2D eigenvalue weighted by Crippen LogP contribution is -2.43. The third-order valence-electron chi connectivity index (χ3n) is 4.22. The van der Waals surface area contributed by atoms with Gasteiger partial charge in [-0.25, -0.2) is 0 Å². The summed E-state index contributed by atoms with van der Waals surface area (Å²) in [6.45, 7) is 3.82. The summed E-state index contributed by atoms with van der Waals surface area (Å²) in [6, 6.07) is 0.157. The van der Waals surface area contributed by atoms with Crippen molar-refractivity contribution in [2.24, 2.45) is 0 Å². The van der Waals surface area contributed by atoms with E-state index in [9.17, 15) is 9.59 Å². The Bertz CT molecular complexity index is 499. The standard InChI is InChI=1S/C15H23N3O3/c1-10-13(11(2)17-16-10)8-14(19)18(9-15(20)21-3)12-6-4-5-7-12/h12H,4-9H2,1-3H3,(H,16,17). The number of aromatic amines is 1. The Hall–Kier alpha value is -1.85. The van der Waals surface area contributed by atoms with Crippen LogP contribution in [0.2, 0.25) is 0 Å². The molecule has 1 aromatic heterocycles. The van der Waals surface area contributed by atoms with Crippen LogP contribution in [0.15, 0.2) is 0 Å². The maximum Gasteiger partial charge on any atom is 0.325 e. The molecule has 6 nitrogen and oxygen atoms in total. The van der Waals surface area contributed by atoms with E-state index in [-0.39, 0.29) is 30.9 Å². The van der Waals surface area contributed by atoms with Gasteiger partial charge in [0.2, 0.25) is 5.91 Å². The molecule has 0 bridgehead atoms.